The van der Waals surface area contributed by atoms with E-state index in [9.17, 15) is 9.90 Å². The zero-order chi connectivity index (χ0) is 24.5. The van der Waals surface area contributed by atoms with Gasteiger partial charge in [-0.2, -0.15) is 5.10 Å². The van der Waals surface area contributed by atoms with Crippen LogP contribution < -0.4 is 5.32 Å². The topological polar surface area (TPSA) is 122 Å². The molecule has 11 heteroatoms. The van der Waals surface area contributed by atoms with Crippen LogP contribution in [-0.2, 0) is 7.05 Å². The van der Waals surface area contributed by atoms with Crippen molar-refractivity contribution in [2.45, 2.75) is 32.4 Å². The van der Waals surface area contributed by atoms with Crippen molar-refractivity contribution in [3.05, 3.63) is 47.9 Å². The maximum atomic E-state index is 12.8. The SMILES string of the molecule is CC(C)Nc1nc(-c2cccc(-c3cnn(C)c3)c2)ncc1-c1nnc(C(=O)N2CC[C@H](O)C2)s1. The average molecular weight is 491 g/mol. The molecule has 1 saturated heterocycles. The number of likely N-dealkylation sites (tertiary alicyclic amines) is 1. The van der Waals surface area contributed by atoms with Gasteiger partial charge in [0, 0.05) is 49.7 Å². The summed E-state index contributed by atoms with van der Waals surface area (Å²) in [6.45, 7) is 4.90. The van der Waals surface area contributed by atoms with E-state index in [2.05, 4.69) is 25.6 Å². The first-order valence-electron chi connectivity index (χ1n) is 11.4. The predicted octanol–water partition coefficient (Wildman–Crippen LogP) is 3.09. The summed E-state index contributed by atoms with van der Waals surface area (Å²) in [7, 11) is 1.89. The molecule has 3 aromatic heterocycles. The van der Waals surface area contributed by atoms with Crippen LogP contribution in [-0.4, -0.2) is 71.1 Å². The van der Waals surface area contributed by atoms with Gasteiger partial charge in [-0.3, -0.25) is 9.48 Å². The third-order valence-corrected chi connectivity index (χ3v) is 6.61. The Hall–Kier alpha value is -3.70. The minimum atomic E-state index is -0.481. The molecule has 4 heterocycles. The van der Waals surface area contributed by atoms with Crippen LogP contribution in [0.1, 0.15) is 30.1 Å². The number of amides is 1. The van der Waals surface area contributed by atoms with Crippen LogP contribution in [0.15, 0.2) is 42.9 Å². The number of rotatable bonds is 6. The molecule has 5 rings (SSSR count). The molecule has 1 atom stereocenters. The van der Waals surface area contributed by atoms with E-state index in [1.165, 1.54) is 11.3 Å². The Kier molecular flexibility index (Phi) is 6.27. The molecular formula is C24H26N8O2S. The summed E-state index contributed by atoms with van der Waals surface area (Å²) in [6.07, 6.45) is 5.61. The van der Waals surface area contributed by atoms with Crippen molar-refractivity contribution < 1.29 is 9.90 Å². The quantitative estimate of drug-likeness (QED) is 0.423. The normalized spacial score (nSPS) is 15.7. The Labute approximate surface area is 206 Å². The number of nitrogens with one attached hydrogen (secondary N) is 1. The lowest BCUT2D eigenvalue weighted by atomic mass is 10.1. The van der Waals surface area contributed by atoms with Crippen molar-refractivity contribution in [3.63, 3.8) is 0 Å². The van der Waals surface area contributed by atoms with E-state index >= 15 is 0 Å². The van der Waals surface area contributed by atoms with E-state index in [-0.39, 0.29) is 17.0 Å². The third-order valence-electron chi connectivity index (χ3n) is 5.66. The van der Waals surface area contributed by atoms with E-state index in [4.69, 9.17) is 4.98 Å². The summed E-state index contributed by atoms with van der Waals surface area (Å²) >= 11 is 1.20. The molecule has 35 heavy (non-hydrogen) atoms. The number of aryl methyl sites for hydroxylation is 1. The smallest absolute Gasteiger partial charge is 0.284 e. The van der Waals surface area contributed by atoms with Gasteiger partial charge in [-0.15, -0.1) is 10.2 Å². The molecule has 1 aliphatic heterocycles. The van der Waals surface area contributed by atoms with Gasteiger partial charge in [0.15, 0.2) is 10.8 Å². The highest BCUT2D eigenvalue weighted by molar-refractivity contribution is 7.16. The number of carbonyl (C=O) groups excluding carboxylic acids is 1. The molecule has 180 valence electrons. The summed E-state index contributed by atoms with van der Waals surface area (Å²) in [6, 6.07) is 8.14. The fourth-order valence-corrected chi connectivity index (χ4v) is 4.77. The molecule has 0 spiro atoms. The van der Waals surface area contributed by atoms with Crippen LogP contribution in [0.2, 0.25) is 0 Å². The van der Waals surface area contributed by atoms with Gasteiger partial charge in [0.25, 0.3) is 5.91 Å². The molecule has 0 bridgehead atoms. The zero-order valence-corrected chi connectivity index (χ0v) is 20.5. The second kappa shape index (κ2) is 9.51. The number of carbonyl (C=O) groups is 1. The Balaban J connectivity index is 1.47. The molecule has 1 fully saturated rings. The van der Waals surface area contributed by atoms with E-state index in [1.54, 1.807) is 15.8 Å². The maximum Gasteiger partial charge on any atom is 0.284 e. The maximum absolute atomic E-state index is 12.8. The molecule has 0 unspecified atom stereocenters. The fraction of sp³-hybridized carbons (Fsp3) is 0.333. The van der Waals surface area contributed by atoms with Crippen LogP contribution in [0.3, 0.4) is 0 Å². The average Bonchev–Trinajstić information content (AvgIpc) is 3.60. The number of hydrogen-bond acceptors (Lipinski definition) is 9. The number of nitrogens with zero attached hydrogens (tertiary/aromatic N) is 7. The summed E-state index contributed by atoms with van der Waals surface area (Å²) in [5.41, 5.74) is 3.61. The van der Waals surface area contributed by atoms with Gasteiger partial charge in [0.1, 0.15) is 5.82 Å². The van der Waals surface area contributed by atoms with Gasteiger partial charge in [-0.1, -0.05) is 29.5 Å². The van der Waals surface area contributed by atoms with Gasteiger partial charge < -0.3 is 15.3 Å². The number of aliphatic hydroxyl groups excluding tert-OH is 1. The van der Waals surface area contributed by atoms with Crippen LogP contribution in [0.4, 0.5) is 5.82 Å². The van der Waals surface area contributed by atoms with Crippen LogP contribution in [0.5, 0.6) is 0 Å². The largest absolute Gasteiger partial charge is 0.391 e. The minimum Gasteiger partial charge on any atom is -0.391 e. The third kappa shape index (κ3) is 4.91. The lowest BCUT2D eigenvalue weighted by Crippen LogP contribution is -2.29. The Morgan fingerprint density at radius 1 is 1.20 bits per heavy atom. The molecule has 4 aromatic rings. The summed E-state index contributed by atoms with van der Waals surface area (Å²) in [5, 5.41) is 26.6. The summed E-state index contributed by atoms with van der Waals surface area (Å²) in [4.78, 5) is 23.8. The van der Waals surface area contributed by atoms with E-state index in [0.717, 1.165) is 16.7 Å². The van der Waals surface area contributed by atoms with Gasteiger partial charge >= 0.3 is 0 Å². The van der Waals surface area contributed by atoms with Crippen molar-refractivity contribution >= 4 is 23.1 Å². The van der Waals surface area contributed by atoms with Crippen LogP contribution >= 0.6 is 11.3 Å². The van der Waals surface area contributed by atoms with Gasteiger partial charge in [0.2, 0.25) is 5.01 Å². The molecule has 2 N–H and O–H groups in total. The number of aliphatic hydroxyl groups is 1. The fourth-order valence-electron chi connectivity index (χ4n) is 3.95. The monoisotopic (exact) mass is 490 g/mol. The van der Waals surface area contributed by atoms with E-state index in [0.29, 0.717) is 41.7 Å². The van der Waals surface area contributed by atoms with Crippen LogP contribution in [0, 0.1) is 0 Å². The van der Waals surface area contributed by atoms with Crippen molar-refractivity contribution in [1.29, 1.82) is 0 Å². The van der Waals surface area contributed by atoms with Crippen LogP contribution in [0.25, 0.3) is 33.1 Å². The van der Waals surface area contributed by atoms with Crippen molar-refractivity contribution in [2.24, 2.45) is 7.05 Å². The van der Waals surface area contributed by atoms with E-state index < -0.39 is 6.10 Å². The Bertz CT molecular complexity index is 1370. The lowest BCUT2D eigenvalue weighted by Gasteiger charge is -2.14. The second-order valence-corrected chi connectivity index (χ2v) is 9.82. The molecule has 10 nitrogen and oxygen atoms in total. The standard InChI is InChI=1S/C24H26N8O2S/c1-14(2)27-21-19(22-29-30-23(35-22)24(34)32-8-7-18(33)13-32)11-25-20(28-21)16-6-4-5-15(9-16)17-10-26-31(3)12-17/h4-6,9-12,14,18,33H,7-8,13H2,1-3H3,(H,25,27,28)/t18-/m0/s1. The molecule has 0 saturated carbocycles. The van der Waals surface area contributed by atoms with Gasteiger partial charge in [0.05, 0.1) is 17.9 Å². The first kappa shape index (κ1) is 23.1. The summed E-state index contributed by atoms with van der Waals surface area (Å²) < 4.78 is 1.77. The number of aromatic nitrogens is 6. The second-order valence-electron chi connectivity index (χ2n) is 8.84. The first-order chi connectivity index (χ1) is 16.9. The number of benzene rings is 1. The highest BCUT2D eigenvalue weighted by atomic mass is 32.1. The Morgan fingerprint density at radius 3 is 2.74 bits per heavy atom. The first-order valence-corrected chi connectivity index (χ1v) is 12.2. The molecule has 1 aliphatic rings. The lowest BCUT2D eigenvalue weighted by molar-refractivity contribution is 0.0763. The minimum absolute atomic E-state index is 0.123. The molecule has 1 amide bonds. The van der Waals surface area contributed by atoms with Crippen molar-refractivity contribution in [3.8, 4) is 33.1 Å². The van der Waals surface area contributed by atoms with Gasteiger partial charge in [-0.25, -0.2) is 9.97 Å². The highest BCUT2D eigenvalue weighted by Gasteiger charge is 2.28. The number of anilines is 1. The molecule has 0 aliphatic carbocycles. The molecule has 1 aromatic carbocycles. The molecule has 0 radical (unpaired) electrons. The van der Waals surface area contributed by atoms with Crippen molar-refractivity contribution in [2.75, 3.05) is 18.4 Å². The summed E-state index contributed by atoms with van der Waals surface area (Å²) in [5.74, 6) is 0.992. The van der Waals surface area contributed by atoms with E-state index in [1.807, 2.05) is 57.6 Å². The molecular weight excluding hydrogens is 464 g/mol. The number of β-amino-alcohol motifs (C(OH)–C–C–N with tert-alkyl or cyclic N) is 1. The zero-order valence-electron chi connectivity index (χ0n) is 19.7. The van der Waals surface area contributed by atoms with Gasteiger partial charge in [-0.05, 0) is 31.9 Å². The highest BCUT2D eigenvalue weighted by Crippen LogP contribution is 2.32. The van der Waals surface area contributed by atoms with Crippen molar-refractivity contribution in [1.82, 2.24) is 34.8 Å². The Morgan fingerprint density at radius 2 is 2.03 bits per heavy atom. The number of hydrogen-bond donors (Lipinski definition) is 2. The predicted molar refractivity (Wildman–Crippen MR) is 134 cm³/mol.